The van der Waals surface area contributed by atoms with Gasteiger partial charge in [0.05, 0.1) is 5.02 Å². The molecule has 0 saturated carbocycles. The Balaban J connectivity index is 2.56. The van der Waals surface area contributed by atoms with Gasteiger partial charge in [0.25, 0.3) is 0 Å². The van der Waals surface area contributed by atoms with E-state index >= 15 is 0 Å². The monoisotopic (exact) mass is 237 g/mol. The Labute approximate surface area is 96.3 Å². The highest BCUT2D eigenvalue weighted by Gasteiger charge is 2.12. The summed E-state index contributed by atoms with van der Waals surface area (Å²) in [5, 5.41) is 9.00. The zero-order chi connectivity index (χ0) is 11.7. The van der Waals surface area contributed by atoms with Crippen LogP contribution in [-0.4, -0.2) is 25.6 Å². The maximum Gasteiger partial charge on any atom is 0.356 e. The van der Waals surface area contributed by atoms with Gasteiger partial charge >= 0.3 is 5.97 Å². The van der Waals surface area contributed by atoms with Gasteiger partial charge in [-0.3, -0.25) is 4.57 Å². The number of hydrogen-bond donors (Lipinski definition) is 1. The van der Waals surface area contributed by atoms with E-state index in [4.69, 9.17) is 16.7 Å². The van der Waals surface area contributed by atoms with E-state index in [1.165, 1.54) is 6.07 Å². The topological polar surface area (TPSA) is 68.0 Å². The smallest absolute Gasteiger partial charge is 0.356 e. The lowest BCUT2D eigenvalue weighted by molar-refractivity contribution is 0.0690. The van der Waals surface area contributed by atoms with Crippen molar-refractivity contribution in [3.63, 3.8) is 0 Å². The van der Waals surface area contributed by atoms with E-state index in [-0.39, 0.29) is 10.7 Å². The van der Waals surface area contributed by atoms with E-state index in [1.807, 2.05) is 0 Å². The maximum atomic E-state index is 10.9. The zero-order valence-corrected chi connectivity index (χ0v) is 9.14. The van der Waals surface area contributed by atoms with Crippen molar-refractivity contribution in [2.75, 3.05) is 0 Å². The van der Waals surface area contributed by atoms with Gasteiger partial charge in [-0.15, -0.1) is 0 Å². The van der Waals surface area contributed by atoms with Crippen molar-refractivity contribution in [1.29, 1.82) is 0 Å². The van der Waals surface area contributed by atoms with Crippen LogP contribution in [-0.2, 0) is 0 Å². The first-order valence-corrected chi connectivity index (χ1v) is 4.87. The van der Waals surface area contributed by atoms with E-state index in [0.29, 0.717) is 5.82 Å². The standard InChI is InChI=1S/C10H8ClN3O2/c1-6-12-4-5-14(6)8-3-2-7(11)9(13-8)10(15)16/h2-5H,1H3,(H,15,16). The van der Waals surface area contributed by atoms with Crippen LogP contribution in [0.25, 0.3) is 5.82 Å². The van der Waals surface area contributed by atoms with Crippen LogP contribution in [0.2, 0.25) is 5.02 Å². The molecule has 0 aliphatic heterocycles. The minimum atomic E-state index is -1.15. The molecule has 6 heteroatoms. The summed E-state index contributed by atoms with van der Waals surface area (Å²) in [6.45, 7) is 1.80. The average Bonchev–Trinajstić information content (AvgIpc) is 2.65. The first-order valence-electron chi connectivity index (χ1n) is 4.50. The first-order chi connectivity index (χ1) is 7.59. The number of aromatic carboxylic acids is 1. The molecule has 0 atom stereocenters. The van der Waals surface area contributed by atoms with Crippen LogP contribution in [0, 0.1) is 6.92 Å². The third-order valence-electron chi connectivity index (χ3n) is 2.11. The van der Waals surface area contributed by atoms with Gasteiger partial charge < -0.3 is 5.11 Å². The van der Waals surface area contributed by atoms with Gasteiger partial charge in [0.2, 0.25) is 0 Å². The number of aryl methyl sites for hydroxylation is 1. The molecule has 0 radical (unpaired) electrons. The summed E-state index contributed by atoms with van der Waals surface area (Å²) in [7, 11) is 0. The number of carboxylic acids is 1. The number of carboxylic acid groups (broad SMARTS) is 1. The molecule has 0 fully saturated rings. The van der Waals surface area contributed by atoms with Crippen molar-refractivity contribution >= 4 is 17.6 Å². The summed E-state index contributed by atoms with van der Waals surface area (Å²) in [6.07, 6.45) is 3.32. The normalized spacial score (nSPS) is 10.4. The molecule has 0 saturated heterocycles. The Hall–Kier alpha value is -1.88. The highest BCUT2D eigenvalue weighted by atomic mass is 35.5. The Morgan fingerprint density at radius 1 is 1.50 bits per heavy atom. The number of halogens is 1. The maximum absolute atomic E-state index is 10.9. The number of aromatic nitrogens is 3. The molecular weight excluding hydrogens is 230 g/mol. The van der Waals surface area contributed by atoms with Crippen molar-refractivity contribution in [2.24, 2.45) is 0 Å². The number of imidazole rings is 1. The van der Waals surface area contributed by atoms with E-state index in [9.17, 15) is 4.79 Å². The van der Waals surface area contributed by atoms with Crippen molar-refractivity contribution in [2.45, 2.75) is 6.92 Å². The molecule has 2 aromatic rings. The molecule has 2 rings (SSSR count). The van der Waals surface area contributed by atoms with Gasteiger partial charge in [-0.25, -0.2) is 14.8 Å². The molecule has 1 N–H and O–H groups in total. The summed E-state index contributed by atoms with van der Waals surface area (Å²) in [6, 6.07) is 3.15. The van der Waals surface area contributed by atoms with Crippen molar-refractivity contribution in [3.8, 4) is 5.82 Å². The predicted octanol–water partition coefficient (Wildman–Crippen LogP) is 1.93. The minimum absolute atomic E-state index is 0.119. The highest BCUT2D eigenvalue weighted by Crippen LogP contribution is 2.16. The third kappa shape index (κ3) is 1.77. The Bertz CT molecular complexity index is 551. The molecule has 16 heavy (non-hydrogen) atoms. The fourth-order valence-electron chi connectivity index (χ4n) is 1.34. The Morgan fingerprint density at radius 3 is 2.81 bits per heavy atom. The quantitative estimate of drug-likeness (QED) is 0.867. The molecule has 82 valence electrons. The number of pyridine rings is 1. The van der Waals surface area contributed by atoms with Gasteiger partial charge in [0.1, 0.15) is 11.6 Å². The lowest BCUT2D eigenvalue weighted by atomic mass is 10.3. The molecule has 5 nitrogen and oxygen atoms in total. The molecular formula is C10H8ClN3O2. The highest BCUT2D eigenvalue weighted by molar-refractivity contribution is 6.33. The van der Waals surface area contributed by atoms with Crippen LogP contribution >= 0.6 is 11.6 Å². The molecule has 2 heterocycles. The van der Waals surface area contributed by atoms with Crippen LogP contribution in [0.4, 0.5) is 0 Å². The second-order valence-electron chi connectivity index (χ2n) is 3.15. The molecule has 0 spiro atoms. The Kier molecular flexibility index (Phi) is 2.62. The summed E-state index contributed by atoms with van der Waals surface area (Å²) in [5.74, 6) is 0.0626. The summed E-state index contributed by atoms with van der Waals surface area (Å²) < 4.78 is 1.68. The minimum Gasteiger partial charge on any atom is -0.476 e. The number of nitrogens with zero attached hydrogens (tertiary/aromatic N) is 3. The van der Waals surface area contributed by atoms with E-state index in [1.54, 1.807) is 30.0 Å². The summed E-state index contributed by atoms with van der Waals surface area (Å²) in [4.78, 5) is 18.9. The van der Waals surface area contributed by atoms with Gasteiger partial charge in [-0.05, 0) is 19.1 Å². The number of rotatable bonds is 2. The lowest BCUT2D eigenvalue weighted by Gasteiger charge is -2.05. The largest absolute Gasteiger partial charge is 0.476 e. The lowest BCUT2D eigenvalue weighted by Crippen LogP contribution is -2.06. The second kappa shape index (κ2) is 3.94. The molecule has 0 aliphatic rings. The van der Waals surface area contributed by atoms with Crippen molar-refractivity contribution in [3.05, 3.63) is 41.1 Å². The molecule has 0 aliphatic carbocycles. The Morgan fingerprint density at radius 2 is 2.25 bits per heavy atom. The van der Waals surface area contributed by atoms with Gasteiger partial charge in [-0.1, -0.05) is 11.6 Å². The fraction of sp³-hybridized carbons (Fsp3) is 0.100. The summed E-state index contributed by atoms with van der Waals surface area (Å²) >= 11 is 5.72. The van der Waals surface area contributed by atoms with Gasteiger partial charge in [-0.2, -0.15) is 0 Å². The van der Waals surface area contributed by atoms with Crippen LogP contribution in [0.15, 0.2) is 24.5 Å². The van der Waals surface area contributed by atoms with Crippen LogP contribution in [0.1, 0.15) is 16.3 Å². The molecule has 0 amide bonds. The summed E-state index contributed by atoms with van der Waals surface area (Å²) in [5.41, 5.74) is -0.160. The fourth-order valence-corrected chi connectivity index (χ4v) is 1.52. The average molecular weight is 238 g/mol. The molecule has 0 unspecified atom stereocenters. The SMILES string of the molecule is Cc1nccn1-c1ccc(Cl)c(C(=O)O)n1. The van der Waals surface area contributed by atoms with E-state index < -0.39 is 5.97 Å². The van der Waals surface area contributed by atoms with Crippen molar-refractivity contribution < 1.29 is 9.90 Å². The molecule has 2 aromatic heterocycles. The van der Waals surface area contributed by atoms with Gasteiger partial charge in [0, 0.05) is 12.4 Å². The van der Waals surface area contributed by atoms with E-state index in [2.05, 4.69) is 9.97 Å². The number of hydrogen-bond acceptors (Lipinski definition) is 3. The first kappa shape index (κ1) is 10.6. The van der Waals surface area contributed by atoms with E-state index in [0.717, 1.165) is 5.82 Å². The predicted molar refractivity (Wildman–Crippen MR) is 58.1 cm³/mol. The zero-order valence-electron chi connectivity index (χ0n) is 8.38. The molecule has 0 bridgehead atoms. The second-order valence-corrected chi connectivity index (χ2v) is 3.56. The van der Waals surface area contributed by atoms with Crippen LogP contribution in [0.5, 0.6) is 0 Å². The van der Waals surface area contributed by atoms with Crippen molar-refractivity contribution in [1.82, 2.24) is 14.5 Å². The van der Waals surface area contributed by atoms with Gasteiger partial charge in [0.15, 0.2) is 5.69 Å². The third-order valence-corrected chi connectivity index (χ3v) is 2.41. The number of carbonyl (C=O) groups is 1. The van der Waals surface area contributed by atoms with Crippen LogP contribution < -0.4 is 0 Å². The van der Waals surface area contributed by atoms with Crippen LogP contribution in [0.3, 0.4) is 0 Å². The molecule has 0 aromatic carbocycles.